The molecular formula is C26H41NOY-2. The van der Waals surface area contributed by atoms with Crippen LogP contribution in [0.15, 0.2) is 54.6 Å². The number of aliphatic hydroxyl groups is 1. The molecular weight excluding hydrogens is 431 g/mol. The maximum atomic E-state index is 10.6. The second-order valence-corrected chi connectivity index (χ2v) is 6.37. The molecule has 0 saturated heterocycles. The predicted octanol–water partition coefficient (Wildman–Crippen LogP) is 7.47. The predicted molar refractivity (Wildman–Crippen MR) is 125 cm³/mol. The van der Waals surface area contributed by atoms with Crippen molar-refractivity contribution in [2.75, 3.05) is 5.32 Å². The number of benzene rings is 2. The molecule has 2 aromatic rings. The van der Waals surface area contributed by atoms with E-state index < -0.39 is 0 Å². The summed E-state index contributed by atoms with van der Waals surface area (Å²) in [5.41, 5.74) is 3.48. The first-order chi connectivity index (χ1) is 13.8. The van der Waals surface area contributed by atoms with Gasteiger partial charge in [-0.3, -0.25) is 7.05 Å². The van der Waals surface area contributed by atoms with E-state index in [0.717, 1.165) is 30.5 Å². The van der Waals surface area contributed by atoms with E-state index in [2.05, 4.69) is 43.6 Å². The van der Waals surface area contributed by atoms with E-state index in [4.69, 9.17) is 0 Å². The molecule has 2 nitrogen and oxygen atoms in total. The van der Waals surface area contributed by atoms with Crippen LogP contribution in [0.5, 0.6) is 0 Å². The molecule has 1 fully saturated rings. The monoisotopic (exact) mass is 472 g/mol. The second-order valence-electron chi connectivity index (χ2n) is 6.37. The SMILES string of the molecule is CC.CC.[CH2-]C.[CH2-]Nc1ccc(CC2CCC(C(O)c3ccccc3)C2)cc1.[Y]. The molecule has 3 rings (SSSR count). The quantitative estimate of drug-likeness (QED) is 0.443. The van der Waals surface area contributed by atoms with Gasteiger partial charge in [-0.05, 0) is 60.8 Å². The molecule has 0 heterocycles. The number of hydrogen-bond acceptors (Lipinski definition) is 2. The molecule has 0 amide bonds. The van der Waals surface area contributed by atoms with Gasteiger partial charge in [0.15, 0.2) is 0 Å². The Morgan fingerprint density at radius 1 is 0.931 bits per heavy atom. The Morgan fingerprint density at radius 2 is 1.48 bits per heavy atom. The van der Waals surface area contributed by atoms with E-state index in [1.807, 2.05) is 58.0 Å². The molecule has 2 N–H and O–H groups in total. The van der Waals surface area contributed by atoms with Crippen LogP contribution in [0, 0.1) is 25.8 Å². The fraction of sp³-hybridized carbons (Fsp3) is 0.462. The molecule has 29 heavy (non-hydrogen) atoms. The van der Waals surface area contributed by atoms with Gasteiger partial charge in [0.2, 0.25) is 0 Å². The number of nitrogens with one attached hydrogen (secondary N) is 1. The van der Waals surface area contributed by atoms with Crippen molar-refractivity contribution in [3.8, 4) is 0 Å². The molecule has 1 aliphatic rings. The van der Waals surface area contributed by atoms with Gasteiger partial charge < -0.3 is 17.3 Å². The number of rotatable bonds is 5. The van der Waals surface area contributed by atoms with Crippen LogP contribution in [0.1, 0.15) is 71.1 Å². The van der Waals surface area contributed by atoms with Crippen molar-refractivity contribution in [1.82, 2.24) is 0 Å². The Morgan fingerprint density at radius 3 is 2.00 bits per heavy atom. The van der Waals surface area contributed by atoms with Crippen LogP contribution in [0.25, 0.3) is 0 Å². The molecule has 0 bridgehead atoms. The number of anilines is 1. The van der Waals surface area contributed by atoms with Crippen molar-refractivity contribution in [1.29, 1.82) is 0 Å². The Bertz CT molecular complexity index is 585. The zero-order valence-corrected chi connectivity index (χ0v) is 22.0. The Balaban J connectivity index is 0. The van der Waals surface area contributed by atoms with Crippen molar-refractivity contribution in [3.05, 3.63) is 79.7 Å². The summed E-state index contributed by atoms with van der Waals surface area (Å²) in [7, 11) is 3.67. The second kappa shape index (κ2) is 19.3. The minimum Gasteiger partial charge on any atom is -0.538 e. The zero-order valence-electron chi connectivity index (χ0n) is 19.2. The van der Waals surface area contributed by atoms with E-state index >= 15 is 0 Å². The molecule has 1 saturated carbocycles. The Kier molecular flexibility index (Phi) is 20.3. The molecule has 0 aliphatic heterocycles. The fourth-order valence-corrected chi connectivity index (χ4v) is 3.60. The van der Waals surface area contributed by atoms with Gasteiger partial charge in [0, 0.05) is 38.4 Å². The third kappa shape index (κ3) is 10.8. The van der Waals surface area contributed by atoms with Crippen LogP contribution in [0.3, 0.4) is 0 Å². The van der Waals surface area contributed by atoms with E-state index in [1.165, 1.54) is 12.0 Å². The molecule has 0 spiro atoms. The van der Waals surface area contributed by atoms with Crippen LogP contribution < -0.4 is 5.32 Å². The number of hydrogen-bond donors (Lipinski definition) is 2. The van der Waals surface area contributed by atoms with Gasteiger partial charge in [0.1, 0.15) is 0 Å². The summed E-state index contributed by atoms with van der Waals surface area (Å²) in [5.74, 6) is 1.08. The van der Waals surface area contributed by atoms with Crippen LogP contribution in [0.4, 0.5) is 5.69 Å². The minimum atomic E-state index is -0.316. The summed E-state index contributed by atoms with van der Waals surface area (Å²) in [5, 5.41) is 13.5. The van der Waals surface area contributed by atoms with Gasteiger partial charge in [0.25, 0.3) is 0 Å². The van der Waals surface area contributed by atoms with Crippen molar-refractivity contribution >= 4 is 5.69 Å². The first-order valence-electron chi connectivity index (χ1n) is 10.8. The van der Waals surface area contributed by atoms with Crippen molar-refractivity contribution in [2.24, 2.45) is 11.8 Å². The van der Waals surface area contributed by atoms with E-state index in [9.17, 15) is 5.11 Å². The first-order valence-corrected chi connectivity index (χ1v) is 10.8. The maximum Gasteiger partial charge on any atom is 0.0818 e. The smallest absolute Gasteiger partial charge is 0.0818 e. The van der Waals surface area contributed by atoms with Crippen LogP contribution in [-0.2, 0) is 39.1 Å². The van der Waals surface area contributed by atoms with E-state index in [-0.39, 0.29) is 38.8 Å². The summed E-state index contributed by atoms with van der Waals surface area (Å²) >= 11 is 0. The third-order valence-electron chi connectivity index (χ3n) is 4.85. The minimum absolute atomic E-state index is 0. The van der Waals surface area contributed by atoms with Crippen molar-refractivity contribution < 1.29 is 37.8 Å². The summed E-state index contributed by atoms with van der Waals surface area (Å²) in [4.78, 5) is 0. The average Bonchev–Trinajstić information content (AvgIpc) is 3.27. The van der Waals surface area contributed by atoms with Crippen molar-refractivity contribution in [3.63, 3.8) is 0 Å². The normalized spacial score (nSPS) is 17.7. The van der Waals surface area contributed by atoms with E-state index in [0.29, 0.717) is 11.8 Å². The molecule has 0 aromatic heterocycles. The standard InChI is InChI=1S/C20H24NO.2C2H6.C2H5.Y/c1-21-19-11-8-15(9-12-19)13-16-7-10-18(14-16)20(22)17-5-3-2-4-6-17;3*1-2;/h2-6,8-9,11-12,16,18,20-22H,1,7,10,13-14H2;2*1-2H3;1H2,2H3;/q-1;;;-1;. The van der Waals surface area contributed by atoms with Gasteiger partial charge >= 0.3 is 0 Å². The van der Waals surface area contributed by atoms with Gasteiger partial charge in [-0.1, -0.05) is 70.2 Å². The molecule has 3 unspecified atom stereocenters. The van der Waals surface area contributed by atoms with Gasteiger partial charge in [-0.15, -0.1) is 0 Å². The topological polar surface area (TPSA) is 32.3 Å². The molecule has 3 atom stereocenters. The van der Waals surface area contributed by atoms with Crippen LogP contribution >= 0.6 is 0 Å². The molecule has 2 aromatic carbocycles. The molecule has 3 heteroatoms. The van der Waals surface area contributed by atoms with Crippen LogP contribution in [-0.4, -0.2) is 5.11 Å². The van der Waals surface area contributed by atoms with Gasteiger partial charge in [-0.2, -0.15) is 6.92 Å². The Hall–Kier alpha value is -0.696. The molecule has 1 aliphatic carbocycles. The van der Waals surface area contributed by atoms with Crippen molar-refractivity contribution in [2.45, 2.75) is 66.4 Å². The third-order valence-corrected chi connectivity index (χ3v) is 4.85. The van der Waals surface area contributed by atoms with E-state index in [1.54, 1.807) is 6.92 Å². The number of aliphatic hydroxyl groups excluding tert-OH is 1. The summed E-state index contributed by atoms with van der Waals surface area (Å²) in [6.07, 6.45) is 4.24. The molecule has 1 radical (unpaired) electrons. The van der Waals surface area contributed by atoms with Gasteiger partial charge in [0.05, 0.1) is 6.10 Å². The fourth-order valence-electron chi connectivity index (χ4n) is 3.60. The first kappa shape index (κ1) is 30.5. The average molecular weight is 473 g/mol. The molecule has 161 valence electrons. The zero-order chi connectivity index (χ0) is 21.4. The summed E-state index contributed by atoms with van der Waals surface area (Å²) in [6.45, 7) is 13.0. The summed E-state index contributed by atoms with van der Waals surface area (Å²) < 4.78 is 0. The Labute approximate surface area is 205 Å². The van der Waals surface area contributed by atoms with Crippen LogP contribution in [0.2, 0.25) is 0 Å². The summed E-state index contributed by atoms with van der Waals surface area (Å²) in [6, 6.07) is 18.6. The largest absolute Gasteiger partial charge is 0.538 e. The van der Waals surface area contributed by atoms with Gasteiger partial charge in [-0.25, -0.2) is 0 Å². The maximum absolute atomic E-state index is 10.6.